The number of carbonyl (C=O) groups excluding carboxylic acids is 1. The van der Waals surface area contributed by atoms with Crippen LogP contribution in [0.4, 0.5) is 11.4 Å². The Labute approximate surface area is 208 Å². The van der Waals surface area contributed by atoms with Crippen molar-refractivity contribution in [2.45, 2.75) is 11.8 Å². The number of hydrogen-bond acceptors (Lipinski definition) is 8. The fourth-order valence-corrected chi connectivity index (χ4v) is 4.66. The summed E-state index contributed by atoms with van der Waals surface area (Å²) in [6.45, 7) is 1.18. The molecule has 0 aliphatic heterocycles. The Hall–Kier alpha value is -4.45. The molecule has 0 saturated heterocycles. The van der Waals surface area contributed by atoms with E-state index in [1.54, 1.807) is 24.3 Å². The number of nitro benzene ring substituents is 1. The van der Waals surface area contributed by atoms with Crippen LogP contribution in [0.25, 0.3) is 0 Å². The molecule has 0 aliphatic rings. The van der Waals surface area contributed by atoms with Crippen LogP contribution in [-0.2, 0) is 14.8 Å². The van der Waals surface area contributed by atoms with E-state index in [0.717, 1.165) is 16.1 Å². The number of sulfonamides is 1. The molecular weight excluding hydrogens is 488 g/mol. The van der Waals surface area contributed by atoms with E-state index in [4.69, 9.17) is 9.47 Å². The monoisotopic (exact) mass is 512 g/mol. The van der Waals surface area contributed by atoms with E-state index in [-0.39, 0.29) is 27.6 Å². The Kier molecular flexibility index (Phi) is 8.22. The van der Waals surface area contributed by atoms with Crippen molar-refractivity contribution in [1.29, 1.82) is 0 Å². The Balaban J connectivity index is 1.94. The van der Waals surface area contributed by atoms with E-state index in [1.807, 2.05) is 6.92 Å². The topological polar surface area (TPSA) is 140 Å². The lowest BCUT2D eigenvalue weighted by molar-refractivity contribution is -0.385. The lowest BCUT2D eigenvalue weighted by Gasteiger charge is -2.25. The van der Waals surface area contributed by atoms with Crippen LogP contribution in [0.5, 0.6) is 11.5 Å². The molecule has 0 heterocycles. The zero-order chi connectivity index (χ0) is 26.3. The van der Waals surface area contributed by atoms with Crippen LogP contribution in [0.1, 0.15) is 11.1 Å². The molecule has 0 fully saturated rings. The minimum atomic E-state index is -4.20. The minimum absolute atomic E-state index is 0.0258. The van der Waals surface area contributed by atoms with Gasteiger partial charge in [-0.3, -0.25) is 19.2 Å². The third-order valence-corrected chi connectivity index (χ3v) is 6.85. The standard InChI is InChI=1S/C24H24N4O7S/c1-17-8-11-20(12-9-17)36(32,33)27(22-13-10-19(34-2)14-23(22)35-3)16-24(29)26-25-15-18-6-4-5-7-21(18)28(30)31/h4-15H,16H2,1-3H3,(H,26,29)/b25-15-. The van der Waals surface area contributed by atoms with Gasteiger partial charge in [-0.15, -0.1) is 0 Å². The van der Waals surface area contributed by atoms with Gasteiger partial charge in [-0.25, -0.2) is 13.8 Å². The number of rotatable bonds is 10. The van der Waals surface area contributed by atoms with E-state index >= 15 is 0 Å². The number of methoxy groups -OCH3 is 2. The second kappa shape index (κ2) is 11.3. The summed E-state index contributed by atoms with van der Waals surface area (Å²) in [7, 11) is -1.38. The fraction of sp³-hybridized carbons (Fsp3) is 0.167. The predicted octanol–water partition coefficient (Wildman–Crippen LogP) is 3.27. The molecule has 0 unspecified atom stereocenters. The Morgan fingerprint density at radius 2 is 1.78 bits per heavy atom. The number of nitrogens with zero attached hydrogens (tertiary/aromatic N) is 3. The highest BCUT2D eigenvalue weighted by molar-refractivity contribution is 7.92. The third-order valence-electron chi connectivity index (χ3n) is 5.08. The predicted molar refractivity (Wildman–Crippen MR) is 134 cm³/mol. The first-order valence-electron chi connectivity index (χ1n) is 10.5. The zero-order valence-electron chi connectivity index (χ0n) is 19.7. The van der Waals surface area contributed by atoms with Gasteiger partial charge >= 0.3 is 0 Å². The maximum Gasteiger partial charge on any atom is 0.278 e. The fourth-order valence-electron chi connectivity index (χ4n) is 3.23. The summed E-state index contributed by atoms with van der Waals surface area (Å²) < 4.78 is 38.6. The van der Waals surface area contributed by atoms with Gasteiger partial charge in [-0.1, -0.05) is 29.8 Å². The van der Waals surface area contributed by atoms with Crippen molar-refractivity contribution in [3.63, 3.8) is 0 Å². The van der Waals surface area contributed by atoms with Crippen LogP contribution in [0, 0.1) is 17.0 Å². The molecule has 3 rings (SSSR count). The average molecular weight is 513 g/mol. The van der Waals surface area contributed by atoms with Crippen LogP contribution in [-0.4, -0.2) is 46.2 Å². The van der Waals surface area contributed by atoms with Crippen LogP contribution in [0.3, 0.4) is 0 Å². The van der Waals surface area contributed by atoms with Crippen LogP contribution in [0.2, 0.25) is 0 Å². The minimum Gasteiger partial charge on any atom is -0.497 e. The van der Waals surface area contributed by atoms with Gasteiger partial charge in [0.15, 0.2) is 0 Å². The highest BCUT2D eigenvalue weighted by Crippen LogP contribution is 2.35. The molecule has 0 aliphatic carbocycles. The summed E-state index contributed by atoms with van der Waals surface area (Å²) in [4.78, 5) is 23.3. The van der Waals surface area contributed by atoms with Crippen molar-refractivity contribution in [2.24, 2.45) is 5.10 Å². The molecule has 0 bridgehead atoms. The molecule has 12 heteroatoms. The number of hydrazone groups is 1. The third kappa shape index (κ3) is 5.96. The van der Waals surface area contributed by atoms with Gasteiger partial charge in [0.05, 0.1) is 41.5 Å². The number of benzene rings is 3. The number of nitro groups is 1. The molecule has 0 spiro atoms. The van der Waals surface area contributed by atoms with Crippen molar-refractivity contribution >= 4 is 33.5 Å². The molecular formula is C24H24N4O7S. The van der Waals surface area contributed by atoms with Crippen molar-refractivity contribution in [3.8, 4) is 11.5 Å². The number of carbonyl (C=O) groups is 1. The summed E-state index contributed by atoms with van der Waals surface area (Å²) in [6.07, 6.45) is 1.11. The van der Waals surface area contributed by atoms with Crippen LogP contribution >= 0.6 is 0 Å². The van der Waals surface area contributed by atoms with Crippen molar-refractivity contribution in [3.05, 3.63) is 88.0 Å². The van der Waals surface area contributed by atoms with E-state index in [2.05, 4.69) is 10.5 Å². The molecule has 188 valence electrons. The molecule has 36 heavy (non-hydrogen) atoms. The van der Waals surface area contributed by atoms with Gasteiger partial charge in [-0.2, -0.15) is 5.10 Å². The molecule has 1 amide bonds. The van der Waals surface area contributed by atoms with Gasteiger partial charge in [0, 0.05) is 12.1 Å². The summed E-state index contributed by atoms with van der Waals surface area (Å²) in [5, 5.41) is 14.9. The number of hydrogen-bond donors (Lipinski definition) is 1. The van der Waals surface area contributed by atoms with Crippen molar-refractivity contribution < 1.29 is 27.6 Å². The molecule has 0 aromatic heterocycles. The molecule has 11 nitrogen and oxygen atoms in total. The average Bonchev–Trinajstić information content (AvgIpc) is 2.87. The van der Waals surface area contributed by atoms with Gasteiger partial charge in [0.2, 0.25) is 0 Å². The van der Waals surface area contributed by atoms with E-state index in [1.165, 1.54) is 56.7 Å². The quantitative estimate of drug-likeness (QED) is 0.250. The Morgan fingerprint density at radius 1 is 1.08 bits per heavy atom. The highest BCUT2D eigenvalue weighted by Gasteiger charge is 2.29. The number of anilines is 1. The van der Waals surface area contributed by atoms with Gasteiger partial charge in [-0.05, 0) is 37.3 Å². The Morgan fingerprint density at radius 3 is 2.42 bits per heavy atom. The van der Waals surface area contributed by atoms with Gasteiger partial charge < -0.3 is 9.47 Å². The lowest BCUT2D eigenvalue weighted by atomic mass is 10.2. The second-order valence-electron chi connectivity index (χ2n) is 7.47. The zero-order valence-corrected chi connectivity index (χ0v) is 20.6. The molecule has 0 saturated carbocycles. The second-order valence-corrected chi connectivity index (χ2v) is 9.33. The molecule has 0 atom stereocenters. The summed E-state index contributed by atoms with van der Waals surface area (Å²) in [6, 6.07) is 16.5. The maximum absolute atomic E-state index is 13.6. The molecule has 3 aromatic rings. The summed E-state index contributed by atoms with van der Waals surface area (Å²) in [5.74, 6) is -0.179. The summed E-state index contributed by atoms with van der Waals surface area (Å²) >= 11 is 0. The van der Waals surface area contributed by atoms with Gasteiger partial charge in [0.1, 0.15) is 18.0 Å². The first kappa shape index (κ1) is 26.2. The number of aryl methyl sites for hydroxylation is 1. The molecule has 1 N–H and O–H groups in total. The number of nitrogens with one attached hydrogen (secondary N) is 1. The lowest BCUT2D eigenvalue weighted by Crippen LogP contribution is -2.39. The maximum atomic E-state index is 13.6. The molecule has 3 aromatic carbocycles. The number of amides is 1. The smallest absolute Gasteiger partial charge is 0.278 e. The first-order valence-corrected chi connectivity index (χ1v) is 12.0. The van der Waals surface area contributed by atoms with E-state index in [9.17, 15) is 23.3 Å². The normalized spacial score (nSPS) is 11.2. The molecule has 0 radical (unpaired) electrons. The first-order chi connectivity index (χ1) is 17.2. The van der Waals surface area contributed by atoms with E-state index < -0.39 is 27.4 Å². The summed E-state index contributed by atoms with van der Waals surface area (Å²) in [5.41, 5.74) is 3.18. The SMILES string of the molecule is COc1ccc(N(CC(=O)N/N=C\c2ccccc2[N+](=O)[O-])S(=O)(=O)c2ccc(C)cc2)c(OC)c1. The van der Waals surface area contributed by atoms with Crippen LogP contribution in [0.15, 0.2) is 76.7 Å². The van der Waals surface area contributed by atoms with Crippen LogP contribution < -0.4 is 19.2 Å². The van der Waals surface area contributed by atoms with Crippen molar-refractivity contribution in [2.75, 3.05) is 25.1 Å². The largest absolute Gasteiger partial charge is 0.497 e. The number of ether oxygens (including phenoxy) is 2. The van der Waals surface area contributed by atoms with Crippen molar-refractivity contribution in [1.82, 2.24) is 5.43 Å². The highest BCUT2D eigenvalue weighted by atomic mass is 32.2. The van der Waals surface area contributed by atoms with E-state index in [0.29, 0.717) is 5.75 Å². The Bertz CT molecular complexity index is 1390. The van der Waals surface area contributed by atoms with Gasteiger partial charge in [0.25, 0.3) is 21.6 Å². The number of para-hydroxylation sites is 1.